The Bertz CT molecular complexity index is 223. The van der Waals surface area contributed by atoms with E-state index in [1.165, 1.54) is 5.57 Å². The van der Waals surface area contributed by atoms with Crippen LogP contribution in [0.5, 0.6) is 0 Å². The number of hydrogen-bond acceptors (Lipinski definition) is 1. The summed E-state index contributed by atoms with van der Waals surface area (Å²) in [5.74, 6) is 1.67. The Morgan fingerprint density at radius 3 is 2.42 bits per heavy atom. The molecule has 1 heteroatoms. The largest absolute Gasteiger partial charge is 0.295 e. The van der Waals surface area contributed by atoms with E-state index in [4.69, 9.17) is 0 Å². The molecule has 0 amide bonds. The molecule has 1 rings (SSSR count). The lowest BCUT2D eigenvalue weighted by molar-refractivity contribution is -0.116. The molecule has 0 unspecified atom stereocenters. The van der Waals surface area contributed by atoms with Crippen LogP contribution in [-0.4, -0.2) is 5.78 Å². The summed E-state index contributed by atoms with van der Waals surface area (Å²) in [6.45, 7) is 8.54. The van der Waals surface area contributed by atoms with E-state index >= 15 is 0 Å². The lowest BCUT2D eigenvalue weighted by Crippen LogP contribution is -2.20. The molecule has 1 nitrogen and oxygen atoms in total. The second kappa shape index (κ2) is 3.42. The Hall–Kier alpha value is -0.590. The Labute approximate surface area is 74.9 Å². The maximum absolute atomic E-state index is 11.3. The zero-order chi connectivity index (χ0) is 9.30. The standard InChI is InChI=1S/C11H18O/c1-7(2)10-5-6-11(12)9(4)8(10)3/h7,10H,5-6H2,1-4H3/t10-/m1/s1. The average molecular weight is 166 g/mol. The molecular formula is C11H18O. The summed E-state index contributed by atoms with van der Waals surface area (Å²) in [5.41, 5.74) is 2.33. The van der Waals surface area contributed by atoms with Crippen LogP contribution in [0.25, 0.3) is 0 Å². The minimum atomic E-state index is 0.351. The third-order valence-corrected chi connectivity index (χ3v) is 3.05. The van der Waals surface area contributed by atoms with Crippen molar-refractivity contribution in [2.45, 2.75) is 40.5 Å². The van der Waals surface area contributed by atoms with Crippen LogP contribution < -0.4 is 0 Å². The average Bonchev–Trinajstić information content (AvgIpc) is 2.00. The maximum atomic E-state index is 11.3. The third kappa shape index (κ3) is 1.60. The summed E-state index contributed by atoms with van der Waals surface area (Å²) in [4.78, 5) is 11.3. The Morgan fingerprint density at radius 1 is 1.33 bits per heavy atom. The van der Waals surface area contributed by atoms with E-state index in [0.717, 1.165) is 18.4 Å². The lowest BCUT2D eigenvalue weighted by Gasteiger charge is -2.27. The number of rotatable bonds is 1. The second-order valence-electron chi connectivity index (χ2n) is 4.12. The maximum Gasteiger partial charge on any atom is 0.158 e. The molecule has 1 aliphatic rings. The van der Waals surface area contributed by atoms with E-state index in [9.17, 15) is 4.79 Å². The molecule has 0 fully saturated rings. The summed E-state index contributed by atoms with van der Waals surface area (Å²) < 4.78 is 0. The molecule has 0 aromatic rings. The summed E-state index contributed by atoms with van der Waals surface area (Å²) in [6.07, 6.45) is 1.81. The number of Topliss-reactive ketones (excluding diaryl/α,β-unsaturated/α-hetero) is 1. The third-order valence-electron chi connectivity index (χ3n) is 3.05. The molecule has 68 valence electrons. The highest BCUT2D eigenvalue weighted by molar-refractivity contribution is 5.96. The molecule has 0 aromatic carbocycles. The molecule has 0 N–H and O–H groups in total. The Balaban J connectivity index is 2.90. The van der Waals surface area contributed by atoms with Gasteiger partial charge in [-0.1, -0.05) is 19.4 Å². The summed E-state index contributed by atoms with van der Waals surface area (Å²) in [7, 11) is 0. The Morgan fingerprint density at radius 2 is 1.92 bits per heavy atom. The molecule has 0 saturated heterocycles. The molecule has 1 atom stereocenters. The predicted octanol–water partition coefficient (Wildman–Crippen LogP) is 2.96. The fourth-order valence-corrected chi connectivity index (χ4v) is 2.02. The van der Waals surface area contributed by atoms with Crippen molar-refractivity contribution in [2.75, 3.05) is 0 Å². The van der Waals surface area contributed by atoms with Crippen LogP contribution in [0.15, 0.2) is 11.1 Å². The zero-order valence-electron chi connectivity index (χ0n) is 8.48. The van der Waals surface area contributed by atoms with Gasteiger partial charge in [-0.25, -0.2) is 0 Å². The van der Waals surface area contributed by atoms with E-state index in [0.29, 0.717) is 17.6 Å². The van der Waals surface area contributed by atoms with Gasteiger partial charge in [0.2, 0.25) is 0 Å². The van der Waals surface area contributed by atoms with Gasteiger partial charge in [0.15, 0.2) is 5.78 Å². The highest BCUT2D eigenvalue weighted by Crippen LogP contribution is 2.32. The molecular weight excluding hydrogens is 148 g/mol. The van der Waals surface area contributed by atoms with Gasteiger partial charge in [-0.2, -0.15) is 0 Å². The smallest absolute Gasteiger partial charge is 0.158 e. The van der Waals surface area contributed by atoms with Crippen LogP contribution in [-0.2, 0) is 4.79 Å². The summed E-state index contributed by atoms with van der Waals surface area (Å²) >= 11 is 0. The first-order valence-electron chi connectivity index (χ1n) is 4.74. The molecule has 0 bridgehead atoms. The number of carbonyl (C=O) groups excluding carboxylic acids is 1. The van der Waals surface area contributed by atoms with Crippen molar-refractivity contribution in [3.8, 4) is 0 Å². The van der Waals surface area contributed by atoms with E-state index in [1.54, 1.807) is 0 Å². The van der Waals surface area contributed by atoms with Gasteiger partial charge < -0.3 is 0 Å². The molecule has 0 saturated carbocycles. The highest BCUT2D eigenvalue weighted by Gasteiger charge is 2.24. The molecule has 0 aromatic heterocycles. The van der Waals surface area contributed by atoms with Gasteiger partial charge in [0.1, 0.15) is 0 Å². The van der Waals surface area contributed by atoms with E-state index in [2.05, 4.69) is 20.8 Å². The van der Waals surface area contributed by atoms with Crippen molar-refractivity contribution in [1.29, 1.82) is 0 Å². The van der Waals surface area contributed by atoms with Crippen LogP contribution >= 0.6 is 0 Å². The SMILES string of the molecule is CC1=C(C)[C@@H](C(C)C)CCC1=O. The van der Waals surface area contributed by atoms with Crippen LogP contribution in [0.3, 0.4) is 0 Å². The quantitative estimate of drug-likeness (QED) is 0.585. The van der Waals surface area contributed by atoms with Crippen LogP contribution in [0.2, 0.25) is 0 Å². The molecule has 0 spiro atoms. The van der Waals surface area contributed by atoms with E-state index < -0.39 is 0 Å². The van der Waals surface area contributed by atoms with Gasteiger partial charge in [0.25, 0.3) is 0 Å². The molecule has 0 heterocycles. The molecule has 0 aliphatic heterocycles. The minimum Gasteiger partial charge on any atom is -0.295 e. The van der Waals surface area contributed by atoms with Crippen molar-refractivity contribution < 1.29 is 4.79 Å². The van der Waals surface area contributed by atoms with Gasteiger partial charge in [0, 0.05) is 6.42 Å². The molecule has 0 radical (unpaired) electrons. The van der Waals surface area contributed by atoms with Crippen molar-refractivity contribution >= 4 is 5.78 Å². The van der Waals surface area contributed by atoms with Crippen molar-refractivity contribution in [2.24, 2.45) is 11.8 Å². The summed E-state index contributed by atoms with van der Waals surface area (Å²) in [5, 5.41) is 0. The van der Waals surface area contributed by atoms with Crippen LogP contribution in [0, 0.1) is 11.8 Å². The van der Waals surface area contributed by atoms with Crippen LogP contribution in [0.4, 0.5) is 0 Å². The number of hydrogen-bond donors (Lipinski definition) is 0. The van der Waals surface area contributed by atoms with Crippen LogP contribution in [0.1, 0.15) is 40.5 Å². The topological polar surface area (TPSA) is 17.1 Å². The minimum absolute atomic E-state index is 0.351. The lowest BCUT2D eigenvalue weighted by atomic mass is 9.77. The van der Waals surface area contributed by atoms with Gasteiger partial charge in [-0.15, -0.1) is 0 Å². The van der Waals surface area contributed by atoms with E-state index in [-0.39, 0.29) is 0 Å². The Kier molecular flexibility index (Phi) is 2.71. The first-order chi connectivity index (χ1) is 5.54. The monoisotopic (exact) mass is 166 g/mol. The van der Waals surface area contributed by atoms with Crippen molar-refractivity contribution in [1.82, 2.24) is 0 Å². The van der Waals surface area contributed by atoms with Crippen molar-refractivity contribution in [3.63, 3.8) is 0 Å². The van der Waals surface area contributed by atoms with Crippen molar-refractivity contribution in [3.05, 3.63) is 11.1 Å². The normalized spacial score (nSPS) is 25.4. The highest BCUT2D eigenvalue weighted by atomic mass is 16.1. The van der Waals surface area contributed by atoms with Gasteiger partial charge >= 0.3 is 0 Å². The zero-order valence-corrected chi connectivity index (χ0v) is 8.48. The predicted molar refractivity (Wildman–Crippen MR) is 50.9 cm³/mol. The van der Waals surface area contributed by atoms with Gasteiger partial charge in [-0.3, -0.25) is 4.79 Å². The first kappa shape index (κ1) is 9.50. The fraction of sp³-hybridized carbons (Fsp3) is 0.727. The first-order valence-corrected chi connectivity index (χ1v) is 4.74. The van der Waals surface area contributed by atoms with Gasteiger partial charge in [-0.05, 0) is 37.7 Å². The fourth-order valence-electron chi connectivity index (χ4n) is 2.02. The number of carbonyl (C=O) groups is 1. The van der Waals surface area contributed by atoms with Gasteiger partial charge in [0.05, 0.1) is 0 Å². The number of allylic oxidation sites excluding steroid dienone is 2. The molecule has 12 heavy (non-hydrogen) atoms. The molecule has 1 aliphatic carbocycles. The second-order valence-corrected chi connectivity index (χ2v) is 4.12. The number of ketones is 1. The summed E-state index contributed by atoms with van der Waals surface area (Å²) in [6, 6.07) is 0. The van der Waals surface area contributed by atoms with E-state index in [1.807, 2.05) is 6.92 Å².